The first kappa shape index (κ1) is 20.8. The predicted octanol–water partition coefficient (Wildman–Crippen LogP) is 5.50. The van der Waals surface area contributed by atoms with Crippen molar-refractivity contribution in [1.82, 2.24) is 14.9 Å². The van der Waals surface area contributed by atoms with Crippen LogP contribution in [-0.2, 0) is 4.74 Å². The summed E-state index contributed by atoms with van der Waals surface area (Å²) >= 11 is 14.8. The smallest absolute Gasteiger partial charge is 0.140 e. The molecule has 154 valence electrons. The zero-order chi connectivity index (χ0) is 20.4. The van der Waals surface area contributed by atoms with Gasteiger partial charge in [-0.05, 0) is 18.2 Å². The molecule has 1 saturated heterocycles. The van der Waals surface area contributed by atoms with Crippen LogP contribution in [0.2, 0.25) is 10.0 Å². The highest BCUT2D eigenvalue weighted by molar-refractivity contribution is 7.10. The van der Waals surface area contributed by atoms with Crippen molar-refractivity contribution < 1.29 is 9.47 Å². The first-order chi connectivity index (χ1) is 14.0. The number of ether oxygens (including phenoxy) is 2. The van der Waals surface area contributed by atoms with Gasteiger partial charge in [-0.3, -0.25) is 4.90 Å². The molecule has 1 aliphatic rings. The first-order valence-electron chi connectivity index (χ1n) is 9.70. The average Bonchev–Trinajstić information content (AvgIpc) is 3.21. The number of thiazole rings is 1. The number of rotatable bonds is 6. The SMILES string of the molecule is CC(C)c1nc(-c2cc(Cl)c3ccc(OCCN4CCOCC4)c(Cl)c3n2)cs1. The van der Waals surface area contributed by atoms with Gasteiger partial charge in [0, 0.05) is 36.3 Å². The molecule has 0 radical (unpaired) electrons. The van der Waals surface area contributed by atoms with Crippen molar-refractivity contribution >= 4 is 45.4 Å². The van der Waals surface area contributed by atoms with Gasteiger partial charge in [-0.1, -0.05) is 37.0 Å². The number of pyridine rings is 1. The van der Waals surface area contributed by atoms with E-state index < -0.39 is 0 Å². The highest BCUT2D eigenvalue weighted by atomic mass is 35.5. The summed E-state index contributed by atoms with van der Waals surface area (Å²) in [6.45, 7) is 9.06. The van der Waals surface area contributed by atoms with Gasteiger partial charge in [-0.15, -0.1) is 11.3 Å². The summed E-state index contributed by atoms with van der Waals surface area (Å²) in [6, 6.07) is 5.61. The number of morpholine rings is 1. The van der Waals surface area contributed by atoms with Gasteiger partial charge < -0.3 is 9.47 Å². The summed E-state index contributed by atoms with van der Waals surface area (Å²) in [5.74, 6) is 0.994. The van der Waals surface area contributed by atoms with Gasteiger partial charge in [-0.2, -0.15) is 0 Å². The van der Waals surface area contributed by atoms with Crippen molar-refractivity contribution in [2.45, 2.75) is 19.8 Å². The molecule has 3 aromatic rings. The van der Waals surface area contributed by atoms with Crippen LogP contribution in [0.25, 0.3) is 22.3 Å². The largest absolute Gasteiger partial charge is 0.491 e. The van der Waals surface area contributed by atoms with Crippen LogP contribution in [0.4, 0.5) is 0 Å². The van der Waals surface area contributed by atoms with Crippen molar-refractivity contribution in [3.05, 3.63) is 38.6 Å². The van der Waals surface area contributed by atoms with Gasteiger partial charge in [0.05, 0.1) is 40.1 Å². The van der Waals surface area contributed by atoms with E-state index in [9.17, 15) is 0 Å². The number of hydrogen-bond donors (Lipinski definition) is 0. The van der Waals surface area contributed by atoms with Gasteiger partial charge in [0.2, 0.25) is 0 Å². The molecule has 0 saturated carbocycles. The van der Waals surface area contributed by atoms with Gasteiger partial charge in [0.1, 0.15) is 17.4 Å². The summed E-state index contributed by atoms with van der Waals surface area (Å²) in [6.07, 6.45) is 0. The maximum absolute atomic E-state index is 6.65. The van der Waals surface area contributed by atoms with Gasteiger partial charge >= 0.3 is 0 Å². The Labute approximate surface area is 184 Å². The lowest BCUT2D eigenvalue weighted by atomic mass is 10.1. The zero-order valence-electron chi connectivity index (χ0n) is 16.5. The molecule has 8 heteroatoms. The summed E-state index contributed by atoms with van der Waals surface area (Å²) < 4.78 is 11.3. The van der Waals surface area contributed by atoms with Gasteiger partial charge in [0.15, 0.2) is 0 Å². The standard InChI is InChI=1S/C21H23Cl2N3O2S/c1-13(2)21-25-17(12-29-21)16-11-15(22)14-3-4-18(19(23)20(14)24-16)28-10-7-26-5-8-27-9-6-26/h3-4,11-13H,5-10H2,1-2H3. The molecule has 4 rings (SSSR count). The van der Waals surface area contributed by atoms with E-state index in [2.05, 4.69) is 23.7 Å². The molecule has 0 atom stereocenters. The van der Waals surface area contributed by atoms with E-state index in [1.807, 2.05) is 23.6 Å². The monoisotopic (exact) mass is 451 g/mol. The van der Waals surface area contributed by atoms with E-state index in [4.69, 9.17) is 37.7 Å². The van der Waals surface area contributed by atoms with E-state index in [1.54, 1.807) is 11.3 Å². The van der Waals surface area contributed by atoms with E-state index >= 15 is 0 Å². The van der Waals surface area contributed by atoms with E-state index in [1.165, 1.54) is 0 Å². The molecule has 0 N–H and O–H groups in total. The second-order valence-electron chi connectivity index (χ2n) is 7.29. The Bertz CT molecular complexity index is 1000. The zero-order valence-corrected chi connectivity index (χ0v) is 18.8. The quantitative estimate of drug-likeness (QED) is 0.494. The van der Waals surface area contributed by atoms with Crippen LogP contribution in [0.15, 0.2) is 23.6 Å². The molecule has 0 bridgehead atoms. The minimum absolute atomic E-state index is 0.375. The van der Waals surface area contributed by atoms with Crippen molar-refractivity contribution in [3.63, 3.8) is 0 Å². The molecule has 0 aliphatic carbocycles. The Morgan fingerprint density at radius 2 is 1.97 bits per heavy atom. The normalized spacial score (nSPS) is 15.3. The fourth-order valence-electron chi connectivity index (χ4n) is 3.22. The lowest BCUT2D eigenvalue weighted by molar-refractivity contribution is 0.0322. The van der Waals surface area contributed by atoms with Crippen molar-refractivity contribution in [3.8, 4) is 17.1 Å². The molecule has 5 nitrogen and oxygen atoms in total. The molecular weight excluding hydrogens is 429 g/mol. The molecule has 0 amide bonds. The van der Waals surface area contributed by atoms with Crippen LogP contribution in [0, 0.1) is 0 Å². The second-order valence-corrected chi connectivity index (χ2v) is 8.97. The molecule has 1 aromatic carbocycles. The minimum Gasteiger partial charge on any atom is -0.491 e. The van der Waals surface area contributed by atoms with Crippen molar-refractivity contribution in [1.29, 1.82) is 0 Å². The fourth-order valence-corrected chi connectivity index (χ4v) is 4.57. The number of hydrogen-bond acceptors (Lipinski definition) is 6. The van der Waals surface area contributed by atoms with Crippen LogP contribution in [0.1, 0.15) is 24.8 Å². The van der Waals surface area contributed by atoms with Crippen molar-refractivity contribution in [2.75, 3.05) is 39.5 Å². The van der Waals surface area contributed by atoms with E-state index in [-0.39, 0.29) is 0 Å². The molecule has 3 heterocycles. The minimum atomic E-state index is 0.375. The van der Waals surface area contributed by atoms with Crippen LogP contribution < -0.4 is 4.74 Å². The van der Waals surface area contributed by atoms with Crippen LogP contribution >= 0.6 is 34.5 Å². The fraction of sp³-hybridized carbons (Fsp3) is 0.429. The Morgan fingerprint density at radius 3 is 2.69 bits per heavy atom. The Hall–Kier alpha value is -1.44. The third-order valence-electron chi connectivity index (χ3n) is 4.88. The number of halogens is 2. The third kappa shape index (κ3) is 4.67. The highest BCUT2D eigenvalue weighted by Crippen LogP contribution is 2.37. The first-order valence-corrected chi connectivity index (χ1v) is 11.3. The Kier molecular flexibility index (Phi) is 6.56. The molecule has 1 fully saturated rings. The molecule has 0 spiro atoms. The lowest BCUT2D eigenvalue weighted by Crippen LogP contribution is -2.38. The lowest BCUT2D eigenvalue weighted by Gasteiger charge is -2.26. The highest BCUT2D eigenvalue weighted by Gasteiger charge is 2.16. The maximum atomic E-state index is 6.65. The van der Waals surface area contributed by atoms with Gasteiger partial charge in [-0.25, -0.2) is 9.97 Å². The maximum Gasteiger partial charge on any atom is 0.140 e. The molecule has 2 aromatic heterocycles. The number of nitrogens with zero attached hydrogens (tertiary/aromatic N) is 3. The predicted molar refractivity (Wildman–Crippen MR) is 120 cm³/mol. The summed E-state index contributed by atoms with van der Waals surface area (Å²) in [5, 5.41) is 4.97. The molecule has 29 heavy (non-hydrogen) atoms. The average molecular weight is 452 g/mol. The number of benzene rings is 1. The number of fused-ring (bicyclic) bond motifs is 1. The molecular formula is C21H23Cl2N3O2S. The third-order valence-corrected chi connectivity index (χ3v) is 6.70. The molecule has 0 unspecified atom stereocenters. The number of aromatic nitrogens is 2. The van der Waals surface area contributed by atoms with Crippen LogP contribution in [-0.4, -0.2) is 54.3 Å². The van der Waals surface area contributed by atoms with Crippen molar-refractivity contribution in [2.24, 2.45) is 0 Å². The van der Waals surface area contributed by atoms with E-state index in [0.29, 0.717) is 33.8 Å². The second kappa shape index (κ2) is 9.14. The van der Waals surface area contributed by atoms with Crippen LogP contribution in [0.3, 0.4) is 0 Å². The van der Waals surface area contributed by atoms with Crippen LogP contribution in [0.5, 0.6) is 5.75 Å². The Balaban J connectivity index is 1.58. The van der Waals surface area contributed by atoms with E-state index in [0.717, 1.165) is 54.6 Å². The van der Waals surface area contributed by atoms with Gasteiger partial charge in [0.25, 0.3) is 0 Å². The summed E-state index contributed by atoms with van der Waals surface area (Å²) in [4.78, 5) is 11.8. The topological polar surface area (TPSA) is 47.5 Å². The summed E-state index contributed by atoms with van der Waals surface area (Å²) in [7, 11) is 0. The summed E-state index contributed by atoms with van der Waals surface area (Å²) in [5.41, 5.74) is 2.17. The Morgan fingerprint density at radius 1 is 1.17 bits per heavy atom. The molecule has 1 aliphatic heterocycles.